The summed E-state index contributed by atoms with van der Waals surface area (Å²) in [4.78, 5) is 10.1. The van der Waals surface area contributed by atoms with Crippen molar-refractivity contribution in [2.24, 2.45) is 0 Å². The molecule has 0 radical (unpaired) electrons. The van der Waals surface area contributed by atoms with Gasteiger partial charge in [-0.25, -0.2) is 0 Å². The maximum absolute atomic E-state index is 10.1. The number of carbonyl (C=O) groups is 1. The summed E-state index contributed by atoms with van der Waals surface area (Å²) in [5, 5.41) is 11.7. The second-order valence-electron chi connectivity index (χ2n) is 2.57. The third-order valence-corrected chi connectivity index (χ3v) is 1.50. The van der Waals surface area contributed by atoms with Crippen molar-refractivity contribution in [3.05, 3.63) is 61.3 Å². The highest BCUT2D eigenvalue weighted by Gasteiger charge is 2.03. The quantitative estimate of drug-likeness (QED) is 0.375. The Labute approximate surface area is 89.8 Å². The molecule has 3 nitrogen and oxygen atoms in total. The first-order chi connectivity index (χ1) is 7.26. The summed E-state index contributed by atoms with van der Waals surface area (Å²) in [6.07, 6.45) is 11.1. The molecule has 0 heterocycles. The van der Waals surface area contributed by atoms with Crippen LogP contribution in [0.25, 0.3) is 0 Å². The Morgan fingerprint density at radius 3 is 2.47 bits per heavy atom. The predicted molar refractivity (Wildman–Crippen MR) is 62.0 cm³/mol. The van der Waals surface area contributed by atoms with Crippen LogP contribution in [0.2, 0.25) is 0 Å². The Morgan fingerprint density at radius 2 is 1.93 bits per heavy atom. The smallest absolute Gasteiger partial charge is 0.209 e. The fraction of sp³-hybridized carbons (Fsp3) is 0.0833. The zero-order valence-electron chi connectivity index (χ0n) is 8.47. The van der Waals surface area contributed by atoms with Crippen LogP contribution in [-0.2, 0) is 4.79 Å². The van der Waals surface area contributed by atoms with Gasteiger partial charge in [0.2, 0.25) is 6.41 Å². The largest absolute Gasteiger partial charge is 0.369 e. The van der Waals surface area contributed by atoms with E-state index >= 15 is 0 Å². The van der Waals surface area contributed by atoms with Crippen LogP contribution in [0.4, 0.5) is 0 Å². The molecular formula is C12H15NO2. The van der Waals surface area contributed by atoms with Crippen molar-refractivity contribution in [3.8, 4) is 0 Å². The Bertz CT molecular complexity index is 301. The van der Waals surface area contributed by atoms with Crippen molar-refractivity contribution < 1.29 is 9.90 Å². The van der Waals surface area contributed by atoms with Gasteiger partial charge in [-0.3, -0.25) is 4.79 Å². The van der Waals surface area contributed by atoms with Gasteiger partial charge < -0.3 is 10.4 Å². The summed E-state index contributed by atoms with van der Waals surface area (Å²) in [7, 11) is 0. The molecule has 15 heavy (non-hydrogen) atoms. The molecular weight excluding hydrogens is 190 g/mol. The summed E-state index contributed by atoms with van der Waals surface area (Å²) in [6, 6.07) is 0. The lowest BCUT2D eigenvalue weighted by Crippen LogP contribution is -2.28. The molecule has 0 spiro atoms. The van der Waals surface area contributed by atoms with Crippen molar-refractivity contribution in [2.75, 3.05) is 0 Å². The van der Waals surface area contributed by atoms with E-state index in [1.807, 2.05) is 0 Å². The Morgan fingerprint density at radius 1 is 1.20 bits per heavy atom. The van der Waals surface area contributed by atoms with Crippen LogP contribution in [0.5, 0.6) is 0 Å². The number of amides is 1. The van der Waals surface area contributed by atoms with E-state index in [-0.39, 0.29) is 0 Å². The maximum Gasteiger partial charge on any atom is 0.209 e. The molecule has 80 valence electrons. The summed E-state index contributed by atoms with van der Waals surface area (Å²) in [5.41, 5.74) is 0.547. The van der Waals surface area contributed by atoms with Gasteiger partial charge in [-0.05, 0) is 0 Å². The van der Waals surface area contributed by atoms with Crippen molar-refractivity contribution >= 4 is 6.41 Å². The van der Waals surface area contributed by atoms with E-state index in [2.05, 4.69) is 18.5 Å². The molecule has 0 aromatic heterocycles. The number of aliphatic hydroxyl groups excluding tert-OH is 1. The minimum atomic E-state index is -1.02. The van der Waals surface area contributed by atoms with Crippen LogP contribution in [0, 0.1) is 0 Å². The summed E-state index contributed by atoms with van der Waals surface area (Å²) < 4.78 is 0. The van der Waals surface area contributed by atoms with Crippen LogP contribution in [0.15, 0.2) is 61.3 Å². The molecule has 1 amide bonds. The molecule has 0 aliphatic carbocycles. The second kappa shape index (κ2) is 8.72. The van der Waals surface area contributed by atoms with E-state index in [0.717, 1.165) is 0 Å². The first kappa shape index (κ1) is 13.1. The number of hydrogen-bond acceptors (Lipinski definition) is 2. The normalized spacial score (nSPS) is 14.1. The number of hydrogen-bond donors (Lipinski definition) is 2. The van der Waals surface area contributed by atoms with Crippen molar-refractivity contribution in [1.82, 2.24) is 5.32 Å². The van der Waals surface area contributed by atoms with Gasteiger partial charge in [-0.1, -0.05) is 55.7 Å². The summed E-state index contributed by atoms with van der Waals surface area (Å²) >= 11 is 0. The second-order valence-corrected chi connectivity index (χ2v) is 2.57. The van der Waals surface area contributed by atoms with Crippen molar-refractivity contribution in [1.29, 1.82) is 0 Å². The fourth-order valence-corrected chi connectivity index (χ4v) is 0.844. The molecule has 1 atom stereocenters. The average molecular weight is 205 g/mol. The molecule has 2 N–H and O–H groups in total. The van der Waals surface area contributed by atoms with E-state index in [0.29, 0.717) is 12.0 Å². The van der Waals surface area contributed by atoms with E-state index < -0.39 is 6.23 Å². The van der Waals surface area contributed by atoms with Gasteiger partial charge in [-0.2, -0.15) is 0 Å². The van der Waals surface area contributed by atoms with Crippen molar-refractivity contribution in [2.45, 2.75) is 6.23 Å². The zero-order valence-corrected chi connectivity index (χ0v) is 8.47. The van der Waals surface area contributed by atoms with Crippen LogP contribution in [0.3, 0.4) is 0 Å². The van der Waals surface area contributed by atoms with E-state index in [1.165, 1.54) is 6.08 Å². The van der Waals surface area contributed by atoms with E-state index in [9.17, 15) is 9.90 Å². The van der Waals surface area contributed by atoms with E-state index in [4.69, 9.17) is 0 Å². The molecule has 0 saturated heterocycles. The SMILES string of the molecule is C=C/C=C(/C=C\C=C\C=C)C(O)NC=O. The van der Waals surface area contributed by atoms with Crippen molar-refractivity contribution in [3.63, 3.8) is 0 Å². The molecule has 0 saturated carbocycles. The molecule has 0 aliphatic rings. The highest BCUT2D eigenvalue weighted by molar-refractivity contribution is 5.48. The molecule has 0 bridgehead atoms. The molecule has 0 aromatic carbocycles. The number of aliphatic hydroxyl groups is 1. The first-order valence-corrected chi connectivity index (χ1v) is 4.42. The lowest BCUT2D eigenvalue weighted by atomic mass is 10.2. The standard InChI is InChI=1S/C12H15NO2/c1-3-5-6-7-9-11(8-4-2)12(15)13-10-14/h3-10,12,15H,1-2H2,(H,13,14)/b6-5+,9-7-,11-8-. The van der Waals surface area contributed by atoms with Crippen LogP contribution >= 0.6 is 0 Å². The number of nitrogens with one attached hydrogen (secondary N) is 1. The lowest BCUT2D eigenvalue weighted by molar-refractivity contribution is -0.111. The van der Waals surface area contributed by atoms with Crippen LogP contribution in [-0.4, -0.2) is 17.7 Å². The minimum absolute atomic E-state index is 0.439. The van der Waals surface area contributed by atoms with Crippen LogP contribution in [0.1, 0.15) is 0 Å². The molecule has 0 aliphatic heterocycles. The third-order valence-electron chi connectivity index (χ3n) is 1.50. The minimum Gasteiger partial charge on any atom is -0.369 e. The highest BCUT2D eigenvalue weighted by atomic mass is 16.3. The Hall–Kier alpha value is -1.87. The Balaban J connectivity index is 4.53. The number of allylic oxidation sites excluding steroid dienone is 6. The molecule has 3 heteroatoms. The van der Waals surface area contributed by atoms with Gasteiger partial charge in [0, 0.05) is 5.57 Å². The molecule has 0 aromatic rings. The fourth-order valence-electron chi connectivity index (χ4n) is 0.844. The maximum atomic E-state index is 10.1. The summed E-state index contributed by atoms with van der Waals surface area (Å²) in [6.45, 7) is 7.03. The third kappa shape index (κ3) is 6.23. The summed E-state index contributed by atoms with van der Waals surface area (Å²) in [5.74, 6) is 0. The first-order valence-electron chi connectivity index (χ1n) is 4.42. The van der Waals surface area contributed by atoms with Crippen LogP contribution < -0.4 is 5.32 Å². The molecule has 1 unspecified atom stereocenters. The zero-order chi connectivity index (χ0) is 11.5. The van der Waals surface area contributed by atoms with Gasteiger partial charge in [0.05, 0.1) is 0 Å². The topological polar surface area (TPSA) is 49.3 Å². The molecule has 0 rings (SSSR count). The monoisotopic (exact) mass is 205 g/mol. The van der Waals surface area contributed by atoms with Gasteiger partial charge in [0.25, 0.3) is 0 Å². The van der Waals surface area contributed by atoms with Gasteiger partial charge in [0.15, 0.2) is 6.23 Å². The average Bonchev–Trinajstić information content (AvgIpc) is 2.23. The van der Waals surface area contributed by atoms with Gasteiger partial charge >= 0.3 is 0 Å². The Kier molecular flexibility index (Phi) is 7.63. The lowest BCUT2D eigenvalue weighted by Gasteiger charge is -2.09. The number of rotatable bonds is 7. The predicted octanol–water partition coefficient (Wildman–Crippen LogP) is 1.46. The highest BCUT2D eigenvalue weighted by Crippen LogP contribution is 2.02. The van der Waals surface area contributed by atoms with E-state index in [1.54, 1.807) is 36.5 Å². The molecule has 0 fully saturated rings. The van der Waals surface area contributed by atoms with Gasteiger partial charge in [0.1, 0.15) is 0 Å². The number of carbonyl (C=O) groups excluding carboxylic acids is 1. The van der Waals surface area contributed by atoms with Gasteiger partial charge in [-0.15, -0.1) is 0 Å².